The van der Waals surface area contributed by atoms with E-state index in [0.29, 0.717) is 43.1 Å². The Kier molecular flexibility index (Phi) is 3.92. The molecule has 118 valence electrons. The number of carbonyl (C=O) groups excluding carboxylic acids is 2. The van der Waals surface area contributed by atoms with Crippen molar-refractivity contribution < 1.29 is 19.1 Å². The number of amides is 2. The molecule has 1 aromatic rings. The van der Waals surface area contributed by atoms with E-state index >= 15 is 0 Å². The predicted octanol–water partition coefficient (Wildman–Crippen LogP) is 1.38. The fourth-order valence-electron chi connectivity index (χ4n) is 3.13. The lowest BCUT2D eigenvalue weighted by atomic mass is 9.81. The molecule has 0 radical (unpaired) electrons. The lowest BCUT2D eigenvalue weighted by Gasteiger charge is -2.35. The molecule has 1 fully saturated rings. The van der Waals surface area contributed by atoms with Gasteiger partial charge in [-0.15, -0.1) is 0 Å². The molecule has 0 atom stereocenters. The molecule has 0 saturated heterocycles. The third kappa shape index (κ3) is 2.61. The molecule has 0 bridgehead atoms. The molecule has 3 rings (SSSR count). The van der Waals surface area contributed by atoms with Crippen LogP contribution in [0, 0.1) is 0 Å². The second kappa shape index (κ2) is 5.87. The molecule has 1 aliphatic carbocycles. The quantitative estimate of drug-likeness (QED) is 0.882. The van der Waals surface area contributed by atoms with Gasteiger partial charge in [0.1, 0.15) is 18.8 Å². The summed E-state index contributed by atoms with van der Waals surface area (Å²) in [5.41, 5.74) is 4.98. The molecule has 0 spiro atoms. The fraction of sp³-hybridized carbons (Fsp3) is 0.500. The Morgan fingerprint density at radius 1 is 1.09 bits per heavy atom. The van der Waals surface area contributed by atoms with Crippen LogP contribution < -0.4 is 20.5 Å². The van der Waals surface area contributed by atoms with Crippen molar-refractivity contribution in [3.8, 4) is 11.5 Å². The molecule has 3 N–H and O–H groups in total. The number of hydrogen-bond donors (Lipinski definition) is 2. The van der Waals surface area contributed by atoms with Gasteiger partial charge in [-0.25, -0.2) is 0 Å². The maximum Gasteiger partial charge on any atom is 0.256 e. The zero-order valence-corrected chi connectivity index (χ0v) is 12.4. The standard InChI is InChI=1S/C16H20N2O4/c17-15(20)16(7-2-1-3-8-16)18-14(19)11-5-4-6-12-13(11)22-10-9-21-12/h4-6H,1-3,7-10H2,(H2,17,20)(H,18,19). The average molecular weight is 304 g/mol. The molecule has 1 aromatic carbocycles. The first kappa shape index (κ1) is 14.7. The van der Waals surface area contributed by atoms with Gasteiger partial charge in [-0.2, -0.15) is 0 Å². The Morgan fingerprint density at radius 2 is 1.82 bits per heavy atom. The Bertz CT molecular complexity index is 594. The molecule has 0 unspecified atom stereocenters. The number of fused-ring (bicyclic) bond motifs is 1. The van der Waals surface area contributed by atoms with Gasteiger partial charge >= 0.3 is 0 Å². The van der Waals surface area contributed by atoms with E-state index in [1.54, 1.807) is 18.2 Å². The molecule has 1 heterocycles. The first-order chi connectivity index (χ1) is 10.6. The van der Waals surface area contributed by atoms with Crippen molar-refractivity contribution in [2.45, 2.75) is 37.6 Å². The summed E-state index contributed by atoms with van der Waals surface area (Å²) in [6.45, 7) is 0.863. The van der Waals surface area contributed by atoms with Crippen LogP contribution in [-0.4, -0.2) is 30.6 Å². The van der Waals surface area contributed by atoms with Gasteiger partial charge in [0, 0.05) is 0 Å². The van der Waals surface area contributed by atoms with Crippen molar-refractivity contribution in [1.82, 2.24) is 5.32 Å². The van der Waals surface area contributed by atoms with E-state index in [0.717, 1.165) is 19.3 Å². The van der Waals surface area contributed by atoms with Crippen molar-refractivity contribution in [3.05, 3.63) is 23.8 Å². The number of para-hydroxylation sites is 1. The van der Waals surface area contributed by atoms with Crippen LogP contribution in [0.3, 0.4) is 0 Å². The van der Waals surface area contributed by atoms with Crippen LogP contribution in [0.15, 0.2) is 18.2 Å². The van der Waals surface area contributed by atoms with Crippen LogP contribution in [0.4, 0.5) is 0 Å². The van der Waals surface area contributed by atoms with Crippen LogP contribution in [0.2, 0.25) is 0 Å². The monoisotopic (exact) mass is 304 g/mol. The van der Waals surface area contributed by atoms with Gasteiger partial charge in [0.15, 0.2) is 11.5 Å². The Balaban J connectivity index is 1.86. The van der Waals surface area contributed by atoms with E-state index in [-0.39, 0.29) is 5.91 Å². The first-order valence-electron chi connectivity index (χ1n) is 7.63. The summed E-state index contributed by atoms with van der Waals surface area (Å²) in [6.07, 6.45) is 3.99. The van der Waals surface area contributed by atoms with E-state index in [2.05, 4.69) is 5.32 Å². The number of carbonyl (C=O) groups is 2. The second-order valence-electron chi connectivity index (χ2n) is 5.79. The largest absolute Gasteiger partial charge is 0.486 e. The van der Waals surface area contributed by atoms with Gasteiger partial charge in [-0.1, -0.05) is 25.3 Å². The Labute approximate surface area is 129 Å². The normalized spacial score (nSPS) is 19.3. The number of ether oxygens (including phenoxy) is 2. The maximum absolute atomic E-state index is 12.6. The summed E-state index contributed by atoms with van der Waals surface area (Å²) in [7, 11) is 0. The summed E-state index contributed by atoms with van der Waals surface area (Å²) in [4.78, 5) is 24.5. The van der Waals surface area contributed by atoms with E-state index in [9.17, 15) is 9.59 Å². The number of nitrogens with two attached hydrogens (primary N) is 1. The topological polar surface area (TPSA) is 90.7 Å². The number of nitrogens with one attached hydrogen (secondary N) is 1. The number of primary amides is 1. The highest BCUT2D eigenvalue weighted by Crippen LogP contribution is 2.35. The first-order valence-corrected chi connectivity index (χ1v) is 7.63. The highest BCUT2D eigenvalue weighted by molar-refractivity contribution is 6.01. The van der Waals surface area contributed by atoms with Crippen molar-refractivity contribution in [2.24, 2.45) is 5.73 Å². The van der Waals surface area contributed by atoms with Gasteiger partial charge in [0.05, 0.1) is 5.56 Å². The van der Waals surface area contributed by atoms with Crippen molar-refractivity contribution >= 4 is 11.8 Å². The minimum atomic E-state index is -0.951. The smallest absolute Gasteiger partial charge is 0.256 e. The zero-order valence-electron chi connectivity index (χ0n) is 12.4. The number of rotatable bonds is 3. The van der Waals surface area contributed by atoms with Crippen LogP contribution in [-0.2, 0) is 4.79 Å². The lowest BCUT2D eigenvalue weighted by molar-refractivity contribution is -0.125. The van der Waals surface area contributed by atoms with Crippen LogP contribution in [0.25, 0.3) is 0 Å². The Hall–Kier alpha value is -2.24. The van der Waals surface area contributed by atoms with Gasteiger partial charge in [0.25, 0.3) is 5.91 Å². The van der Waals surface area contributed by atoms with Crippen molar-refractivity contribution in [3.63, 3.8) is 0 Å². The zero-order chi connectivity index (χ0) is 15.6. The van der Waals surface area contributed by atoms with E-state index in [1.165, 1.54) is 0 Å². The van der Waals surface area contributed by atoms with Gasteiger partial charge < -0.3 is 20.5 Å². The average Bonchev–Trinajstić information content (AvgIpc) is 2.55. The third-order valence-electron chi connectivity index (χ3n) is 4.34. The molecule has 2 aliphatic rings. The summed E-state index contributed by atoms with van der Waals surface area (Å²) in [5.74, 6) is 0.169. The molecule has 22 heavy (non-hydrogen) atoms. The highest BCUT2D eigenvalue weighted by Gasteiger charge is 2.40. The fourth-order valence-corrected chi connectivity index (χ4v) is 3.13. The van der Waals surface area contributed by atoms with Crippen molar-refractivity contribution in [1.29, 1.82) is 0 Å². The molecule has 2 amide bonds. The molecule has 6 nitrogen and oxygen atoms in total. The van der Waals surface area contributed by atoms with Gasteiger partial charge in [-0.3, -0.25) is 9.59 Å². The molecule has 6 heteroatoms. The highest BCUT2D eigenvalue weighted by atomic mass is 16.6. The molecule has 1 saturated carbocycles. The van der Waals surface area contributed by atoms with Gasteiger partial charge in [0.2, 0.25) is 5.91 Å². The Morgan fingerprint density at radius 3 is 2.55 bits per heavy atom. The van der Waals surface area contributed by atoms with Crippen LogP contribution in [0.1, 0.15) is 42.5 Å². The van der Waals surface area contributed by atoms with Crippen LogP contribution in [0.5, 0.6) is 11.5 Å². The number of hydrogen-bond acceptors (Lipinski definition) is 4. The van der Waals surface area contributed by atoms with Crippen molar-refractivity contribution in [2.75, 3.05) is 13.2 Å². The minimum Gasteiger partial charge on any atom is -0.486 e. The van der Waals surface area contributed by atoms with Gasteiger partial charge in [-0.05, 0) is 25.0 Å². The molecular weight excluding hydrogens is 284 g/mol. The molecule has 0 aromatic heterocycles. The second-order valence-corrected chi connectivity index (χ2v) is 5.79. The van der Waals surface area contributed by atoms with E-state index < -0.39 is 11.4 Å². The SMILES string of the molecule is NC(=O)C1(NC(=O)c2cccc3c2OCCO3)CCCCC1. The number of benzene rings is 1. The molecular formula is C16H20N2O4. The maximum atomic E-state index is 12.6. The van der Waals surface area contributed by atoms with Crippen LogP contribution >= 0.6 is 0 Å². The van der Waals surface area contributed by atoms with E-state index in [1.807, 2.05) is 0 Å². The minimum absolute atomic E-state index is 0.344. The summed E-state index contributed by atoms with van der Waals surface area (Å²) in [6, 6.07) is 5.16. The molecule has 1 aliphatic heterocycles. The van der Waals surface area contributed by atoms with E-state index in [4.69, 9.17) is 15.2 Å². The summed E-state index contributed by atoms with van der Waals surface area (Å²) >= 11 is 0. The lowest BCUT2D eigenvalue weighted by Crippen LogP contribution is -2.58. The summed E-state index contributed by atoms with van der Waals surface area (Å²) < 4.78 is 11.0. The third-order valence-corrected chi connectivity index (χ3v) is 4.34. The summed E-state index contributed by atoms with van der Waals surface area (Å²) in [5, 5.41) is 2.85. The predicted molar refractivity (Wildman–Crippen MR) is 79.9 cm³/mol.